The molecule has 0 unspecified atom stereocenters. The molecular weight excluding hydrogens is 392 g/mol. The number of hydrogen-bond acceptors (Lipinski definition) is 7. The lowest BCUT2D eigenvalue weighted by Gasteiger charge is -2.13. The minimum absolute atomic E-state index is 0.0576. The van der Waals surface area contributed by atoms with Gasteiger partial charge in [0, 0.05) is 6.20 Å². The van der Waals surface area contributed by atoms with Crippen molar-refractivity contribution in [1.82, 2.24) is 15.6 Å². The first-order chi connectivity index (χ1) is 13.3. The van der Waals surface area contributed by atoms with Gasteiger partial charge in [0.05, 0.1) is 17.8 Å². The lowest BCUT2D eigenvalue weighted by molar-refractivity contribution is -0.152. The number of nitrogens with one attached hydrogen (secondary N) is 3. The Bertz CT molecular complexity index is 838. The van der Waals surface area contributed by atoms with Gasteiger partial charge in [0.15, 0.2) is 11.9 Å². The molecule has 28 heavy (non-hydrogen) atoms. The maximum absolute atomic E-state index is 12.0. The lowest BCUT2D eigenvalue weighted by atomic mass is 10.3. The van der Waals surface area contributed by atoms with Crippen LogP contribution in [0.25, 0.3) is 0 Å². The Labute approximate surface area is 164 Å². The van der Waals surface area contributed by atoms with E-state index < -0.39 is 36.3 Å². The van der Waals surface area contributed by atoms with Crippen molar-refractivity contribution in [2.24, 2.45) is 0 Å². The number of aromatic nitrogens is 1. The summed E-state index contributed by atoms with van der Waals surface area (Å²) in [7, 11) is 0. The summed E-state index contributed by atoms with van der Waals surface area (Å²) in [6, 6.07) is 6.01. The number of furan rings is 1. The van der Waals surface area contributed by atoms with Crippen LogP contribution in [0, 0.1) is 0 Å². The van der Waals surface area contributed by atoms with Gasteiger partial charge in [-0.15, -0.1) is 0 Å². The molecule has 10 nitrogen and oxygen atoms in total. The van der Waals surface area contributed by atoms with E-state index in [4.69, 9.17) is 20.8 Å². The number of pyridine rings is 1. The largest absolute Gasteiger partial charge is 0.459 e. The predicted octanol–water partition coefficient (Wildman–Crippen LogP) is 0.744. The molecule has 2 heterocycles. The first kappa shape index (κ1) is 20.9. The molecule has 3 N–H and O–H groups in total. The highest BCUT2D eigenvalue weighted by Gasteiger charge is 2.19. The van der Waals surface area contributed by atoms with Crippen LogP contribution in [-0.2, 0) is 19.1 Å². The molecule has 0 aliphatic heterocycles. The Morgan fingerprint density at radius 2 is 1.96 bits per heavy atom. The molecule has 2 aromatic heterocycles. The van der Waals surface area contributed by atoms with E-state index in [-0.39, 0.29) is 18.1 Å². The number of carbonyl (C=O) groups is 4. The standard InChI is InChI=1S/C17H17ClN4O6/c1-10(16(25)22-13-5-4-11(18)7-19-13)28-15(24)9-20-14(23)8-21-17(26)12-3-2-6-27-12/h2-7,10H,8-9H2,1H3,(H,20,23)(H,21,26)(H,19,22,25)/t10-/m1/s1. The van der Waals surface area contributed by atoms with Crippen LogP contribution in [0.1, 0.15) is 17.5 Å². The third-order valence-corrected chi connectivity index (χ3v) is 3.46. The van der Waals surface area contributed by atoms with Crippen molar-refractivity contribution >= 4 is 41.1 Å². The highest BCUT2D eigenvalue weighted by Crippen LogP contribution is 2.10. The lowest BCUT2D eigenvalue weighted by Crippen LogP contribution is -2.40. The Kier molecular flexibility index (Phi) is 7.52. The number of esters is 1. The second-order valence-electron chi connectivity index (χ2n) is 5.42. The zero-order valence-corrected chi connectivity index (χ0v) is 15.5. The van der Waals surface area contributed by atoms with Gasteiger partial charge < -0.3 is 25.1 Å². The quantitative estimate of drug-likeness (QED) is 0.547. The molecule has 3 amide bonds. The van der Waals surface area contributed by atoms with Gasteiger partial charge in [0.1, 0.15) is 12.4 Å². The molecule has 1 atom stereocenters. The highest BCUT2D eigenvalue weighted by molar-refractivity contribution is 6.30. The number of amides is 3. The van der Waals surface area contributed by atoms with Crippen molar-refractivity contribution in [2.75, 3.05) is 18.4 Å². The summed E-state index contributed by atoms with van der Waals surface area (Å²) in [4.78, 5) is 50.8. The monoisotopic (exact) mass is 408 g/mol. The van der Waals surface area contributed by atoms with E-state index in [1.54, 1.807) is 6.07 Å². The highest BCUT2D eigenvalue weighted by atomic mass is 35.5. The van der Waals surface area contributed by atoms with E-state index in [2.05, 4.69) is 20.9 Å². The fourth-order valence-electron chi connectivity index (χ4n) is 1.86. The van der Waals surface area contributed by atoms with E-state index in [9.17, 15) is 19.2 Å². The molecule has 11 heteroatoms. The Morgan fingerprint density at radius 3 is 2.61 bits per heavy atom. The Balaban J connectivity index is 1.67. The third kappa shape index (κ3) is 6.72. The molecule has 0 saturated heterocycles. The maximum atomic E-state index is 12.0. The van der Waals surface area contributed by atoms with E-state index in [0.717, 1.165) is 0 Å². The Morgan fingerprint density at radius 1 is 1.18 bits per heavy atom. The van der Waals surface area contributed by atoms with Crippen molar-refractivity contribution in [3.05, 3.63) is 47.5 Å². The topological polar surface area (TPSA) is 140 Å². The van der Waals surface area contributed by atoms with E-state index in [0.29, 0.717) is 5.02 Å². The molecule has 0 aliphatic carbocycles. The van der Waals surface area contributed by atoms with Crippen LogP contribution in [0.5, 0.6) is 0 Å². The van der Waals surface area contributed by atoms with Crippen LogP contribution in [-0.4, -0.2) is 47.9 Å². The number of nitrogens with zero attached hydrogens (tertiary/aromatic N) is 1. The number of hydrogen-bond donors (Lipinski definition) is 3. The molecule has 148 valence electrons. The van der Waals surface area contributed by atoms with Crippen LogP contribution >= 0.6 is 11.6 Å². The summed E-state index contributed by atoms with van der Waals surface area (Å²) in [5.74, 6) is -2.29. The minimum Gasteiger partial charge on any atom is -0.459 e. The van der Waals surface area contributed by atoms with Gasteiger partial charge in [-0.25, -0.2) is 4.98 Å². The Hall–Kier alpha value is -3.40. The van der Waals surface area contributed by atoms with E-state index in [1.807, 2.05) is 0 Å². The minimum atomic E-state index is -1.11. The van der Waals surface area contributed by atoms with Crippen LogP contribution in [0.15, 0.2) is 41.1 Å². The summed E-state index contributed by atoms with van der Waals surface area (Å²) in [6.07, 6.45) is 1.57. The van der Waals surface area contributed by atoms with E-state index >= 15 is 0 Å². The van der Waals surface area contributed by atoms with Gasteiger partial charge in [0.25, 0.3) is 11.8 Å². The summed E-state index contributed by atoms with van der Waals surface area (Å²) in [6.45, 7) is 0.548. The first-order valence-corrected chi connectivity index (χ1v) is 8.43. The van der Waals surface area contributed by atoms with Crippen molar-refractivity contribution in [2.45, 2.75) is 13.0 Å². The molecule has 0 radical (unpaired) electrons. The number of ether oxygens (including phenoxy) is 1. The molecule has 0 aliphatic rings. The summed E-state index contributed by atoms with van der Waals surface area (Å²) < 4.78 is 9.79. The van der Waals surface area contributed by atoms with Gasteiger partial charge in [0.2, 0.25) is 5.91 Å². The molecule has 2 aromatic rings. The first-order valence-electron chi connectivity index (χ1n) is 8.05. The average molecular weight is 409 g/mol. The zero-order chi connectivity index (χ0) is 20.5. The molecule has 0 aromatic carbocycles. The zero-order valence-electron chi connectivity index (χ0n) is 14.7. The average Bonchev–Trinajstić information content (AvgIpc) is 3.21. The number of carbonyl (C=O) groups excluding carboxylic acids is 4. The van der Waals surface area contributed by atoms with Gasteiger partial charge >= 0.3 is 5.97 Å². The predicted molar refractivity (Wildman–Crippen MR) is 97.5 cm³/mol. The SMILES string of the molecule is C[C@@H](OC(=O)CNC(=O)CNC(=O)c1ccco1)C(=O)Nc1ccc(Cl)cn1. The fraction of sp³-hybridized carbons (Fsp3) is 0.235. The summed E-state index contributed by atoms with van der Waals surface area (Å²) in [5.41, 5.74) is 0. The third-order valence-electron chi connectivity index (χ3n) is 3.24. The number of halogens is 1. The van der Waals surface area contributed by atoms with Crippen molar-refractivity contribution in [3.63, 3.8) is 0 Å². The van der Waals surface area contributed by atoms with Crippen LogP contribution < -0.4 is 16.0 Å². The maximum Gasteiger partial charge on any atom is 0.326 e. The summed E-state index contributed by atoms with van der Waals surface area (Å²) in [5, 5.41) is 7.45. The van der Waals surface area contributed by atoms with Gasteiger partial charge in [-0.3, -0.25) is 19.2 Å². The number of rotatable bonds is 8. The van der Waals surface area contributed by atoms with Crippen LogP contribution in [0.3, 0.4) is 0 Å². The van der Waals surface area contributed by atoms with Crippen molar-refractivity contribution in [3.8, 4) is 0 Å². The summed E-state index contributed by atoms with van der Waals surface area (Å²) >= 11 is 5.70. The van der Waals surface area contributed by atoms with E-state index in [1.165, 1.54) is 37.6 Å². The number of anilines is 1. The molecule has 0 spiro atoms. The van der Waals surface area contributed by atoms with Crippen LogP contribution in [0.4, 0.5) is 5.82 Å². The smallest absolute Gasteiger partial charge is 0.326 e. The fourth-order valence-corrected chi connectivity index (χ4v) is 1.97. The normalized spacial score (nSPS) is 11.2. The van der Waals surface area contributed by atoms with Crippen LogP contribution in [0.2, 0.25) is 5.02 Å². The second-order valence-corrected chi connectivity index (χ2v) is 5.86. The molecule has 2 rings (SSSR count). The van der Waals surface area contributed by atoms with Gasteiger partial charge in [-0.1, -0.05) is 11.6 Å². The van der Waals surface area contributed by atoms with Gasteiger partial charge in [-0.05, 0) is 31.2 Å². The molecule has 0 saturated carbocycles. The van der Waals surface area contributed by atoms with Crippen molar-refractivity contribution < 1.29 is 28.3 Å². The second kappa shape index (κ2) is 10.1. The molecule has 0 bridgehead atoms. The molecular formula is C17H17ClN4O6. The molecule has 0 fully saturated rings. The van der Waals surface area contributed by atoms with Gasteiger partial charge in [-0.2, -0.15) is 0 Å². The van der Waals surface area contributed by atoms with Crippen molar-refractivity contribution in [1.29, 1.82) is 0 Å².